The van der Waals surface area contributed by atoms with Gasteiger partial charge in [0.25, 0.3) is 0 Å². The van der Waals surface area contributed by atoms with Gasteiger partial charge in [-0.05, 0) is 6.07 Å². The van der Waals surface area contributed by atoms with Gasteiger partial charge in [0, 0.05) is 24.2 Å². The van der Waals surface area contributed by atoms with Gasteiger partial charge in [0.15, 0.2) is 5.84 Å². The molecule has 0 fully saturated rings. The van der Waals surface area contributed by atoms with Gasteiger partial charge in [0.05, 0.1) is 12.9 Å². The molecule has 82 valence electrons. The number of imidazole rings is 1. The van der Waals surface area contributed by atoms with E-state index in [9.17, 15) is 0 Å². The summed E-state index contributed by atoms with van der Waals surface area (Å²) in [5, 5.41) is 11.6. The maximum absolute atomic E-state index is 8.64. The zero-order valence-corrected chi connectivity index (χ0v) is 8.48. The van der Waals surface area contributed by atoms with Gasteiger partial charge in [-0.15, -0.1) is 0 Å². The van der Waals surface area contributed by atoms with E-state index < -0.39 is 0 Å². The molecule has 2 rings (SSSR count). The van der Waals surface area contributed by atoms with E-state index in [2.05, 4.69) is 15.1 Å². The Morgan fingerprint density at radius 1 is 1.50 bits per heavy atom. The Morgan fingerprint density at radius 2 is 2.38 bits per heavy atom. The van der Waals surface area contributed by atoms with Crippen molar-refractivity contribution < 1.29 is 5.21 Å². The lowest BCUT2D eigenvalue weighted by atomic mass is 10.2. The zero-order chi connectivity index (χ0) is 11.4. The third-order valence-corrected chi connectivity index (χ3v) is 2.15. The van der Waals surface area contributed by atoms with Crippen LogP contribution in [0, 0.1) is 0 Å². The topological polar surface area (TPSA) is 89.3 Å². The van der Waals surface area contributed by atoms with Crippen molar-refractivity contribution in [2.45, 2.75) is 6.54 Å². The van der Waals surface area contributed by atoms with Crippen molar-refractivity contribution in [2.75, 3.05) is 0 Å². The fourth-order valence-electron chi connectivity index (χ4n) is 1.42. The molecule has 0 amide bonds. The van der Waals surface area contributed by atoms with Crippen molar-refractivity contribution in [3.05, 3.63) is 48.3 Å². The summed E-state index contributed by atoms with van der Waals surface area (Å²) in [7, 11) is 0. The number of rotatable bonds is 3. The van der Waals surface area contributed by atoms with Gasteiger partial charge in [-0.25, -0.2) is 4.98 Å². The number of nitrogens with two attached hydrogens (primary N) is 1. The quantitative estimate of drug-likeness (QED) is 0.337. The first-order valence-corrected chi connectivity index (χ1v) is 4.69. The highest BCUT2D eigenvalue weighted by Crippen LogP contribution is 2.07. The minimum atomic E-state index is 0.00992. The molecule has 6 nitrogen and oxygen atoms in total. The first-order chi connectivity index (χ1) is 7.81. The number of hydrogen-bond acceptors (Lipinski definition) is 4. The van der Waals surface area contributed by atoms with Crippen LogP contribution in [-0.2, 0) is 6.54 Å². The van der Waals surface area contributed by atoms with E-state index in [1.54, 1.807) is 24.8 Å². The summed E-state index contributed by atoms with van der Waals surface area (Å²) >= 11 is 0. The average Bonchev–Trinajstić information content (AvgIpc) is 2.82. The number of oxime groups is 1. The molecule has 0 bridgehead atoms. The van der Waals surface area contributed by atoms with E-state index in [4.69, 9.17) is 10.9 Å². The zero-order valence-electron chi connectivity index (χ0n) is 8.48. The van der Waals surface area contributed by atoms with Gasteiger partial charge in [0.1, 0.15) is 5.69 Å². The van der Waals surface area contributed by atoms with Crippen molar-refractivity contribution in [3.63, 3.8) is 0 Å². The predicted molar refractivity (Wildman–Crippen MR) is 58.1 cm³/mol. The molecule has 0 aliphatic rings. The second-order valence-corrected chi connectivity index (χ2v) is 3.23. The maximum Gasteiger partial charge on any atom is 0.189 e. The first-order valence-electron chi connectivity index (χ1n) is 4.69. The highest BCUT2D eigenvalue weighted by Gasteiger charge is 2.08. The summed E-state index contributed by atoms with van der Waals surface area (Å²) in [6, 6.07) is 3.68. The lowest BCUT2D eigenvalue weighted by molar-refractivity contribution is 0.318. The van der Waals surface area contributed by atoms with Crippen LogP contribution in [0.15, 0.2) is 42.2 Å². The van der Waals surface area contributed by atoms with Crippen LogP contribution < -0.4 is 5.73 Å². The Kier molecular flexibility index (Phi) is 2.81. The molecular formula is C10H11N5O. The molecule has 0 aromatic carbocycles. The summed E-state index contributed by atoms with van der Waals surface area (Å²) in [5.74, 6) is 0.00992. The molecule has 0 unspecified atom stereocenters. The summed E-state index contributed by atoms with van der Waals surface area (Å²) in [6.07, 6.45) is 6.83. The van der Waals surface area contributed by atoms with Crippen LogP contribution >= 0.6 is 0 Å². The molecule has 0 saturated heterocycles. The Morgan fingerprint density at radius 3 is 3.06 bits per heavy atom. The number of pyridine rings is 1. The molecule has 16 heavy (non-hydrogen) atoms. The maximum atomic E-state index is 8.64. The largest absolute Gasteiger partial charge is 0.409 e. The molecule has 2 aromatic rings. The van der Waals surface area contributed by atoms with Gasteiger partial charge < -0.3 is 15.5 Å². The Hall–Kier alpha value is -2.37. The number of aromatic nitrogens is 3. The van der Waals surface area contributed by atoms with Crippen LogP contribution in [0.4, 0.5) is 0 Å². The average molecular weight is 217 g/mol. The molecule has 0 spiro atoms. The summed E-state index contributed by atoms with van der Waals surface area (Å²) in [6.45, 7) is 0.583. The Bertz CT molecular complexity index is 492. The van der Waals surface area contributed by atoms with Crippen LogP contribution in [-0.4, -0.2) is 25.6 Å². The van der Waals surface area contributed by atoms with Gasteiger partial charge in [-0.2, -0.15) is 0 Å². The predicted octanol–water partition coefficient (Wildman–Crippen LogP) is 0.421. The van der Waals surface area contributed by atoms with Crippen molar-refractivity contribution in [1.29, 1.82) is 0 Å². The van der Waals surface area contributed by atoms with Crippen LogP contribution in [0.1, 0.15) is 11.3 Å². The third kappa shape index (κ3) is 2.00. The van der Waals surface area contributed by atoms with Crippen molar-refractivity contribution in [3.8, 4) is 0 Å². The molecule has 3 N–H and O–H groups in total. The van der Waals surface area contributed by atoms with Gasteiger partial charge >= 0.3 is 0 Å². The summed E-state index contributed by atoms with van der Waals surface area (Å²) in [4.78, 5) is 8.03. The van der Waals surface area contributed by atoms with Crippen molar-refractivity contribution >= 4 is 5.84 Å². The number of hydrogen-bond donors (Lipinski definition) is 2. The van der Waals surface area contributed by atoms with Crippen molar-refractivity contribution in [1.82, 2.24) is 14.5 Å². The normalized spacial score (nSPS) is 11.6. The van der Waals surface area contributed by atoms with Crippen LogP contribution in [0.5, 0.6) is 0 Å². The van der Waals surface area contributed by atoms with Gasteiger partial charge in [-0.1, -0.05) is 11.2 Å². The van der Waals surface area contributed by atoms with Crippen LogP contribution in [0.25, 0.3) is 0 Å². The summed E-state index contributed by atoms with van der Waals surface area (Å²) < 4.78 is 1.88. The fourth-order valence-corrected chi connectivity index (χ4v) is 1.42. The SMILES string of the molecule is NC(=NO)c1ncccc1Cn1ccnc1. The molecule has 6 heteroatoms. The lowest BCUT2D eigenvalue weighted by Gasteiger charge is -2.07. The smallest absolute Gasteiger partial charge is 0.189 e. The molecule has 0 aliphatic heterocycles. The second kappa shape index (κ2) is 4.43. The second-order valence-electron chi connectivity index (χ2n) is 3.23. The van der Waals surface area contributed by atoms with E-state index in [0.717, 1.165) is 5.56 Å². The van der Waals surface area contributed by atoms with E-state index in [-0.39, 0.29) is 5.84 Å². The Balaban J connectivity index is 2.34. The van der Waals surface area contributed by atoms with Crippen LogP contribution in [0.2, 0.25) is 0 Å². The molecule has 0 atom stereocenters. The van der Waals surface area contributed by atoms with E-state index in [0.29, 0.717) is 12.2 Å². The minimum Gasteiger partial charge on any atom is -0.409 e. The van der Waals surface area contributed by atoms with Crippen molar-refractivity contribution in [2.24, 2.45) is 10.9 Å². The number of amidine groups is 1. The molecule has 0 radical (unpaired) electrons. The summed E-state index contributed by atoms with van der Waals surface area (Å²) in [5.41, 5.74) is 6.89. The fraction of sp³-hybridized carbons (Fsp3) is 0.100. The van der Waals surface area contributed by atoms with Gasteiger partial charge in [0.2, 0.25) is 0 Å². The van der Waals surface area contributed by atoms with Gasteiger partial charge in [-0.3, -0.25) is 4.98 Å². The highest BCUT2D eigenvalue weighted by molar-refractivity contribution is 5.96. The minimum absolute atomic E-state index is 0.00992. The monoisotopic (exact) mass is 217 g/mol. The molecule has 2 heterocycles. The molecule has 2 aromatic heterocycles. The van der Waals surface area contributed by atoms with E-state index in [1.165, 1.54) is 0 Å². The van der Waals surface area contributed by atoms with Crippen LogP contribution in [0.3, 0.4) is 0 Å². The lowest BCUT2D eigenvalue weighted by Crippen LogP contribution is -2.18. The standard InChI is InChI=1S/C10H11N5O/c11-10(14-16)9-8(2-1-3-13-9)6-15-5-4-12-7-15/h1-5,7,16H,6H2,(H2,11,14). The van der Waals surface area contributed by atoms with E-state index in [1.807, 2.05) is 16.8 Å². The number of nitrogens with zero attached hydrogens (tertiary/aromatic N) is 4. The Labute approximate surface area is 92.1 Å². The molecule has 0 aliphatic carbocycles. The third-order valence-electron chi connectivity index (χ3n) is 2.15. The first kappa shape index (κ1) is 10.2. The molecule has 0 saturated carbocycles. The highest BCUT2D eigenvalue weighted by atomic mass is 16.4. The molecular weight excluding hydrogens is 206 g/mol. The van der Waals surface area contributed by atoms with E-state index >= 15 is 0 Å².